The number of hydrazone groups is 1. The molecule has 0 saturated carbocycles. The van der Waals surface area contributed by atoms with Gasteiger partial charge in [-0.05, 0) is 19.3 Å². The van der Waals surface area contributed by atoms with Gasteiger partial charge in [-0.1, -0.05) is 31.2 Å². The van der Waals surface area contributed by atoms with E-state index in [1.165, 1.54) is 6.34 Å². The second kappa shape index (κ2) is 5.83. The molecule has 1 heterocycles. The van der Waals surface area contributed by atoms with E-state index < -0.39 is 0 Å². The van der Waals surface area contributed by atoms with E-state index in [-0.39, 0.29) is 6.17 Å². The van der Waals surface area contributed by atoms with Crippen LogP contribution < -0.4 is 0 Å². The highest BCUT2D eigenvalue weighted by Gasteiger charge is 2.26. The molecule has 1 aliphatic heterocycles. The van der Waals surface area contributed by atoms with Gasteiger partial charge < -0.3 is 0 Å². The maximum absolute atomic E-state index is 13.2. The van der Waals surface area contributed by atoms with Crippen LogP contribution in [0.5, 0.6) is 0 Å². The second-order valence-corrected chi connectivity index (χ2v) is 3.71. The van der Waals surface area contributed by atoms with Gasteiger partial charge in [0.2, 0.25) is 0 Å². The number of hydrogen-bond donors (Lipinski definition) is 0. The SMILES string of the molecule is CCCCC1N(F)C=NN1CCCC. The van der Waals surface area contributed by atoms with Crippen LogP contribution in [0, 0.1) is 0 Å². The average Bonchev–Trinajstić information content (AvgIpc) is 2.53. The molecule has 82 valence electrons. The van der Waals surface area contributed by atoms with Crippen molar-refractivity contribution in [1.82, 2.24) is 10.1 Å². The van der Waals surface area contributed by atoms with E-state index in [0.717, 1.165) is 43.8 Å². The number of unbranched alkanes of at least 4 members (excludes halogenated alkanes) is 2. The molecule has 0 spiro atoms. The molecule has 3 nitrogen and oxygen atoms in total. The monoisotopic (exact) mass is 201 g/mol. The Bertz CT molecular complexity index is 184. The summed E-state index contributed by atoms with van der Waals surface area (Å²) >= 11 is 0. The van der Waals surface area contributed by atoms with Gasteiger partial charge in [0.25, 0.3) is 0 Å². The van der Waals surface area contributed by atoms with Crippen LogP contribution in [-0.2, 0) is 0 Å². The van der Waals surface area contributed by atoms with Crippen molar-refractivity contribution in [3.8, 4) is 0 Å². The lowest BCUT2D eigenvalue weighted by molar-refractivity contribution is -0.00143. The molecule has 1 aliphatic rings. The summed E-state index contributed by atoms with van der Waals surface area (Å²) < 4.78 is 13.2. The zero-order chi connectivity index (χ0) is 10.4. The quantitative estimate of drug-likeness (QED) is 0.615. The minimum absolute atomic E-state index is 0.151. The lowest BCUT2D eigenvalue weighted by Crippen LogP contribution is -2.35. The summed E-state index contributed by atoms with van der Waals surface area (Å²) in [4.78, 5) is 0. The summed E-state index contributed by atoms with van der Waals surface area (Å²) in [5.41, 5.74) is 0. The molecule has 0 aromatic rings. The Balaban J connectivity index is 2.35. The van der Waals surface area contributed by atoms with E-state index in [2.05, 4.69) is 18.9 Å². The third-order valence-electron chi connectivity index (χ3n) is 2.50. The van der Waals surface area contributed by atoms with Gasteiger partial charge >= 0.3 is 0 Å². The topological polar surface area (TPSA) is 18.8 Å². The second-order valence-electron chi connectivity index (χ2n) is 3.71. The normalized spacial score (nSPS) is 20.9. The summed E-state index contributed by atoms with van der Waals surface area (Å²) in [5.74, 6) is 0. The molecule has 4 heteroatoms. The fourth-order valence-corrected chi connectivity index (χ4v) is 1.58. The third-order valence-corrected chi connectivity index (χ3v) is 2.50. The Morgan fingerprint density at radius 3 is 2.64 bits per heavy atom. The van der Waals surface area contributed by atoms with Crippen LogP contribution in [0.2, 0.25) is 0 Å². The molecule has 0 radical (unpaired) electrons. The highest BCUT2D eigenvalue weighted by molar-refractivity contribution is 5.55. The predicted octanol–water partition coefficient (Wildman–Crippen LogP) is 2.75. The molecule has 0 aromatic heterocycles. The van der Waals surface area contributed by atoms with Gasteiger partial charge in [0, 0.05) is 6.54 Å². The van der Waals surface area contributed by atoms with E-state index >= 15 is 0 Å². The summed E-state index contributed by atoms with van der Waals surface area (Å²) in [6, 6.07) is 0. The molecular weight excluding hydrogens is 181 g/mol. The van der Waals surface area contributed by atoms with E-state index in [0.29, 0.717) is 0 Å². The first kappa shape index (κ1) is 11.3. The predicted molar refractivity (Wildman–Crippen MR) is 56.4 cm³/mol. The minimum atomic E-state index is -0.151. The van der Waals surface area contributed by atoms with Crippen LogP contribution in [0.15, 0.2) is 5.10 Å². The molecule has 0 bridgehead atoms. The first-order chi connectivity index (χ1) is 6.79. The largest absolute Gasteiger partial charge is 0.270 e. The van der Waals surface area contributed by atoms with E-state index in [1.807, 2.05) is 5.01 Å². The Kier molecular flexibility index (Phi) is 4.70. The van der Waals surface area contributed by atoms with Gasteiger partial charge in [0.1, 0.15) is 12.5 Å². The van der Waals surface area contributed by atoms with Crippen LogP contribution in [0.25, 0.3) is 0 Å². The van der Waals surface area contributed by atoms with E-state index in [4.69, 9.17) is 0 Å². The number of rotatable bonds is 6. The van der Waals surface area contributed by atoms with Gasteiger partial charge in [-0.15, -0.1) is 0 Å². The molecule has 0 N–H and O–H groups in total. The first-order valence-corrected chi connectivity index (χ1v) is 5.54. The van der Waals surface area contributed by atoms with Gasteiger partial charge in [0.05, 0.1) is 0 Å². The molecule has 0 aliphatic carbocycles. The summed E-state index contributed by atoms with van der Waals surface area (Å²) in [7, 11) is 0. The van der Waals surface area contributed by atoms with Crippen molar-refractivity contribution in [3.05, 3.63) is 0 Å². The van der Waals surface area contributed by atoms with Crippen molar-refractivity contribution in [3.63, 3.8) is 0 Å². The number of nitrogens with zero attached hydrogens (tertiary/aromatic N) is 3. The van der Waals surface area contributed by atoms with Crippen molar-refractivity contribution >= 4 is 6.34 Å². The van der Waals surface area contributed by atoms with Crippen molar-refractivity contribution < 1.29 is 4.48 Å². The molecule has 0 amide bonds. The molecule has 1 rings (SSSR count). The van der Waals surface area contributed by atoms with Gasteiger partial charge in [-0.3, -0.25) is 5.01 Å². The number of hydrogen-bond acceptors (Lipinski definition) is 3. The zero-order valence-electron chi connectivity index (χ0n) is 9.12. The Morgan fingerprint density at radius 2 is 2.00 bits per heavy atom. The zero-order valence-corrected chi connectivity index (χ0v) is 9.12. The molecule has 0 aromatic carbocycles. The van der Waals surface area contributed by atoms with Crippen LogP contribution in [0.3, 0.4) is 0 Å². The standard InChI is InChI=1S/C10H20FN3/c1-3-5-7-10-13(11)9-12-14(10)8-6-4-2/h9-10H,3-8H2,1-2H3. The molecule has 1 unspecified atom stereocenters. The molecular formula is C10H20FN3. The van der Waals surface area contributed by atoms with Crippen LogP contribution >= 0.6 is 0 Å². The first-order valence-electron chi connectivity index (χ1n) is 5.54. The highest BCUT2D eigenvalue weighted by atomic mass is 19.2. The minimum Gasteiger partial charge on any atom is -0.270 e. The van der Waals surface area contributed by atoms with E-state index in [1.54, 1.807) is 0 Å². The molecule has 14 heavy (non-hydrogen) atoms. The van der Waals surface area contributed by atoms with Crippen molar-refractivity contribution in [2.24, 2.45) is 5.10 Å². The maximum atomic E-state index is 13.2. The van der Waals surface area contributed by atoms with Crippen molar-refractivity contribution in [2.45, 2.75) is 52.1 Å². The highest BCUT2D eigenvalue weighted by Crippen LogP contribution is 2.18. The molecule has 0 fully saturated rings. The summed E-state index contributed by atoms with van der Waals surface area (Å²) in [6.07, 6.45) is 6.35. The Morgan fingerprint density at radius 1 is 1.29 bits per heavy atom. The Labute approximate surface area is 85.5 Å². The van der Waals surface area contributed by atoms with Crippen LogP contribution in [-0.4, -0.2) is 29.2 Å². The van der Waals surface area contributed by atoms with Crippen molar-refractivity contribution in [1.29, 1.82) is 0 Å². The van der Waals surface area contributed by atoms with Crippen LogP contribution in [0.1, 0.15) is 46.0 Å². The lowest BCUT2D eigenvalue weighted by atomic mass is 10.2. The molecule has 1 atom stereocenters. The summed E-state index contributed by atoms with van der Waals surface area (Å²) in [5, 5.41) is 6.64. The van der Waals surface area contributed by atoms with Gasteiger partial charge in [-0.25, -0.2) is 0 Å². The molecule has 0 saturated heterocycles. The van der Waals surface area contributed by atoms with Crippen LogP contribution in [0.4, 0.5) is 4.48 Å². The summed E-state index contributed by atoms with van der Waals surface area (Å²) in [6.45, 7) is 5.12. The maximum Gasteiger partial charge on any atom is 0.149 e. The lowest BCUT2D eigenvalue weighted by Gasteiger charge is -2.25. The fourth-order valence-electron chi connectivity index (χ4n) is 1.58. The smallest absolute Gasteiger partial charge is 0.149 e. The van der Waals surface area contributed by atoms with Crippen molar-refractivity contribution in [2.75, 3.05) is 6.54 Å². The van der Waals surface area contributed by atoms with E-state index in [9.17, 15) is 4.48 Å². The third kappa shape index (κ3) is 2.86. The number of halogens is 1. The average molecular weight is 201 g/mol. The van der Waals surface area contributed by atoms with Gasteiger partial charge in [-0.2, -0.15) is 10.2 Å². The fraction of sp³-hybridized carbons (Fsp3) is 0.900. The van der Waals surface area contributed by atoms with Gasteiger partial charge in [0.15, 0.2) is 0 Å². The Hall–Kier alpha value is -0.800.